The third-order valence-corrected chi connectivity index (χ3v) is 7.32. The summed E-state index contributed by atoms with van der Waals surface area (Å²) in [5, 5.41) is 9.70. The number of para-hydroxylation sites is 1. The summed E-state index contributed by atoms with van der Waals surface area (Å²) in [5.41, 5.74) is 0. The number of nitrogens with zero attached hydrogens (tertiary/aromatic N) is 1. The van der Waals surface area contributed by atoms with E-state index in [0.29, 0.717) is 24.6 Å². The average Bonchev–Trinajstić information content (AvgIpc) is 2.63. The quantitative estimate of drug-likeness (QED) is 0.813. The van der Waals surface area contributed by atoms with Crippen LogP contribution in [-0.4, -0.2) is 49.3 Å². The van der Waals surface area contributed by atoms with Crippen molar-refractivity contribution in [1.29, 1.82) is 0 Å². The third kappa shape index (κ3) is 4.10. The molecule has 8 heteroatoms. The smallest absolute Gasteiger partial charge is 0.325 e. The van der Waals surface area contributed by atoms with Gasteiger partial charge >= 0.3 is 5.97 Å². The highest BCUT2D eigenvalue weighted by atomic mass is 35.5. The molecule has 0 aromatic heterocycles. The lowest BCUT2D eigenvalue weighted by Crippen LogP contribution is -2.53. The zero-order chi connectivity index (χ0) is 18.8. The molecule has 146 valence electrons. The van der Waals surface area contributed by atoms with Crippen LogP contribution < -0.4 is 4.74 Å². The highest BCUT2D eigenvalue weighted by Gasteiger charge is 2.52. The van der Waals surface area contributed by atoms with Gasteiger partial charge in [0.1, 0.15) is 11.5 Å². The van der Waals surface area contributed by atoms with Crippen LogP contribution in [0.2, 0.25) is 0 Å². The molecular weight excluding hydrogens is 390 g/mol. The Kier molecular flexibility index (Phi) is 6.51. The van der Waals surface area contributed by atoms with Crippen molar-refractivity contribution >= 4 is 28.2 Å². The predicted molar refractivity (Wildman–Crippen MR) is 104 cm³/mol. The zero-order valence-electron chi connectivity index (χ0n) is 14.9. The average molecular weight is 412 g/mol. The van der Waals surface area contributed by atoms with E-state index in [2.05, 4.69) is 0 Å². The van der Waals surface area contributed by atoms with Crippen LogP contribution in [-0.2, 0) is 14.6 Å². The van der Waals surface area contributed by atoms with Crippen LogP contribution >= 0.6 is 12.4 Å². The largest absolute Gasteiger partial charge is 0.480 e. The Hall–Kier alpha value is -2.09. The molecule has 2 aromatic rings. The number of rotatable bonds is 5. The van der Waals surface area contributed by atoms with E-state index >= 15 is 0 Å². The number of likely N-dealkylation sites (tertiary alicyclic amines) is 1. The van der Waals surface area contributed by atoms with Crippen molar-refractivity contribution < 1.29 is 23.1 Å². The zero-order valence-corrected chi connectivity index (χ0v) is 16.5. The molecule has 6 nitrogen and oxygen atoms in total. The summed E-state index contributed by atoms with van der Waals surface area (Å²) in [5.74, 6) is -0.154. The lowest BCUT2D eigenvalue weighted by molar-refractivity contribution is -0.141. The van der Waals surface area contributed by atoms with Gasteiger partial charge in [0.25, 0.3) is 0 Å². The molecule has 1 N–H and O–H groups in total. The Morgan fingerprint density at radius 2 is 1.52 bits per heavy atom. The van der Waals surface area contributed by atoms with Gasteiger partial charge in [0, 0.05) is 0 Å². The number of hydrogen-bond acceptors (Lipinski definition) is 5. The minimum absolute atomic E-state index is 0. The summed E-state index contributed by atoms with van der Waals surface area (Å²) in [6.07, 6.45) is 0.146. The lowest BCUT2D eigenvalue weighted by atomic mass is 9.96. The van der Waals surface area contributed by atoms with E-state index in [1.165, 1.54) is 12.1 Å². The van der Waals surface area contributed by atoms with E-state index < -0.39 is 20.6 Å². The number of ether oxygens (including phenoxy) is 1. The molecule has 1 aliphatic heterocycles. The molecule has 0 radical (unpaired) electrons. The summed E-state index contributed by atoms with van der Waals surface area (Å²) in [6, 6.07) is 15.1. The molecule has 3 rings (SSSR count). The Bertz CT molecular complexity index is 876. The first-order chi connectivity index (χ1) is 12.3. The van der Waals surface area contributed by atoms with Crippen molar-refractivity contribution in [2.24, 2.45) is 0 Å². The van der Waals surface area contributed by atoms with Gasteiger partial charge in [-0.05, 0) is 69.4 Å². The molecule has 1 fully saturated rings. The molecule has 0 spiro atoms. The van der Waals surface area contributed by atoms with Crippen LogP contribution in [0.25, 0.3) is 0 Å². The Morgan fingerprint density at radius 3 is 2.04 bits per heavy atom. The maximum absolute atomic E-state index is 13.1. The number of halogens is 1. The van der Waals surface area contributed by atoms with Gasteiger partial charge in [0.05, 0.1) is 4.90 Å². The molecule has 27 heavy (non-hydrogen) atoms. The molecule has 0 unspecified atom stereocenters. The topological polar surface area (TPSA) is 83.9 Å². The fourth-order valence-electron chi connectivity index (χ4n) is 3.11. The number of carboxylic acid groups (broad SMARTS) is 1. The van der Waals surface area contributed by atoms with Crippen LogP contribution in [0.3, 0.4) is 0 Å². The Labute approximate surface area is 165 Å². The maximum atomic E-state index is 13.1. The number of aliphatic carboxylic acids is 1. The number of carboxylic acids is 1. The monoisotopic (exact) mass is 411 g/mol. The summed E-state index contributed by atoms with van der Waals surface area (Å²) >= 11 is 0. The number of carbonyl (C=O) groups is 1. The second-order valence-corrected chi connectivity index (χ2v) is 8.75. The summed E-state index contributed by atoms with van der Waals surface area (Å²) in [6.45, 7) is 0.863. The second kappa shape index (κ2) is 8.29. The second-order valence-electron chi connectivity index (χ2n) is 6.49. The van der Waals surface area contributed by atoms with Crippen LogP contribution in [0, 0.1) is 0 Å². The van der Waals surface area contributed by atoms with E-state index in [1.807, 2.05) is 30.1 Å². The van der Waals surface area contributed by atoms with Crippen LogP contribution in [0.1, 0.15) is 12.8 Å². The molecule has 0 amide bonds. The van der Waals surface area contributed by atoms with Gasteiger partial charge < -0.3 is 14.7 Å². The fraction of sp³-hybridized carbons (Fsp3) is 0.316. The van der Waals surface area contributed by atoms with E-state index in [0.717, 1.165) is 0 Å². The Morgan fingerprint density at radius 1 is 1.00 bits per heavy atom. The fourth-order valence-corrected chi connectivity index (χ4v) is 5.01. The normalized spacial score (nSPS) is 16.9. The summed E-state index contributed by atoms with van der Waals surface area (Å²) < 4.78 is 30.1. The third-order valence-electron chi connectivity index (χ3n) is 4.81. The molecule has 1 aliphatic rings. The van der Waals surface area contributed by atoms with Crippen LogP contribution in [0.15, 0.2) is 59.5 Å². The molecule has 0 aliphatic carbocycles. The number of sulfone groups is 1. The molecular formula is C19H22ClNO5S. The van der Waals surface area contributed by atoms with Gasteiger partial charge in [-0.3, -0.25) is 4.79 Å². The first kappa shape index (κ1) is 21.2. The SMILES string of the molecule is CN1CCC(C(=O)O)(S(=O)(=O)c2ccc(Oc3ccccc3)cc2)CC1.Cl. The highest BCUT2D eigenvalue weighted by molar-refractivity contribution is 7.93. The lowest BCUT2D eigenvalue weighted by Gasteiger charge is -2.36. The van der Waals surface area contributed by atoms with E-state index in [9.17, 15) is 18.3 Å². The number of benzene rings is 2. The summed E-state index contributed by atoms with van der Waals surface area (Å²) in [4.78, 5) is 13.8. The van der Waals surface area contributed by atoms with E-state index in [-0.39, 0.29) is 30.1 Å². The van der Waals surface area contributed by atoms with Crippen molar-refractivity contribution in [3.63, 3.8) is 0 Å². The first-order valence-electron chi connectivity index (χ1n) is 8.35. The van der Waals surface area contributed by atoms with Crippen molar-refractivity contribution in [2.75, 3.05) is 20.1 Å². The van der Waals surface area contributed by atoms with Gasteiger partial charge in [-0.2, -0.15) is 0 Å². The molecule has 1 saturated heterocycles. The molecule has 0 bridgehead atoms. The minimum Gasteiger partial charge on any atom is -0.480 e. The predicted octanol–water partition coefficient (Wildman–Crippen LogP) is 3.22. The molecule has 0 saturated carbocycles. The van der Waals surface area contributed by atoms with Gasteiger partial charge in [-0.15, -0.1) is 12.4 Å². The van der Waals surface area contributed by atoms with E-state index in [1.54, 1.807) is 24.3 Å². The summed E-state index contributed by atoms with van der Waals surface area (Å²) in [7, 11) is -2.16. The van der Waals surface area contributed by atoms with Gasteiger partial charge in [-0.25, -0.2) is 8.42 Å². The van der Waals surface area contributed by atoms with Crippen LogP contribution in [0.5, 0.6) is 11.5 Å². The Balaban J connectivity index is 0.00000261. The number of piperidine rings is 1. The first-order valence-corrected chi connectivity index (χ1v) is 9.83. The molecule has 1 heterocycles. The van der Waals surface area contributed by atoms with Crippen molar-refractivity contribution in [3.05, 3.63) is 54.6 Å². The van der Waals surface area contributed by atoms with Crippen molar-refractivity contribution in [3.8, 4) is 11.5 Å². The van der Waals surface area contributed by atoms with E-state index in [4.69, 9.17) is 4.74 Å². The van der Waals surface area contributed by atoms with Gasteiger partial charge in [0.15, 0.2) is 14.6 Å². The maximum Gasteiger partial charge on any atom is 0.325 e. The molecule has 2 aromatic carbocycles. The van der Waals surface area contributed by atoms with Crippen molar-refractivity contribution in [1.82, 2.24) is 4.90 Å². The minimum atomic E-state index is -4.02. The molecule has 0 atom stereocenters. The highest BCUT2D eigenvalue weighted by Crippen LogP contribution is 2.36. The van der Waals surface area contributed by atoms with Gasteiger partial charge in [0.2, 0.25) is 0 Å². The van der Waals surface area contributed by atoms with Gasteiger partial charge in [-0.1, -0.05) is 18.2 Å². The van der Waals surface area contributed by atoms with Crippen molar-refractivity contribution in [2.45, 2.75) is 22.5 Å². The van der Waals surface area contributed by atoms with Crippen LogP contribution in [0.4, 0.5) is 0 Å². The number of hydrogen-bond donors (Lipinski definition) is 1. The standard InChI is InChI=1S/C19H21NO5S.ClH/c1-20-13-11-19(12-14-20,18(21)22)26(23,24)17-9-7-16(8-10-17)25-15-5-3-2-4-6-15;/h2-10H,11-14H2,1H3,(H,21,22);1H.